The zero-order valence-corrected chi connectivity index (χ0v) is 17.6. The molecule has 0 fully saturated rings. The molecule has 30 heavy (non-hydrogen) atoms. The second kappa shape index (κ2) is 8.64. The van der Waals surface area contributed by atoms with Crippen LogP contribution in [0.3, 0.4) is 0 Å². The molecule has 0 aliphatic rings. The molecule has 0 aliphatic heterocycles. The van der Waals surface area contributed by atoms with Crippen molar-refractivity contribution in [3.8, 4) is 11.4 Å². The van der Waals surface area contributed by atoms with Gasteiger partial charge in [0, 0.05) is 34.6 Å². The zero-order valence-electron chi connectivity index (χ0n) is 16.1. The predicted octanol–water partition coefficient (Wildman–Crippen LogP) is 3.72. The van der Waals surface area contributed by atoms with E-state index >= 15 is 0 Å². The number of aryl methyl sites for hydroxylation is 1. The first-order chi connectivity index (χ1) is 14.5. The van der Waals surface area contributed by atoms with Crippen LogP contribution in [-0.4, -0.2) is 33.0 Å². The normalized spacial score (nSPS) is 10.9. The van der Waals surface area contributed by atoms with Gasteiger partial charge in [0.1, 0.15) is 0 Å². The monoisotopic (exact) mass is 439 g/mol. The van der Waals surface area contributed by atoms with Crippen LogP contribution in [0.4, 0.5) is 5.69 Å². The zero-order chi connectivity index (χ0) is 21.1. The van der Waals surface area contributed by atoms with Crippen LogP contribution in [-0.2, 0) is 16.0 Å². The number of nitrogens with one attached hydrogen (secondary N) is 2. The molecular weight excluding hydrogens is 422 g/mol. The lowest BCUT2D eigenvalue weighted by atomic mass is 10.1. The van der Waals surface area contributed by atoms with Crippen LogP contribution in [0.25, 0.3) is 16.3 Å². The highest BCUT2D eigenvalue weighted by Crippen LogP contribution is 2.21. The highest BCUT2D eigenvalue weighted by atomic mass is 35.5. The van der Waals surface area contributed by atoms with Gasteiger partial charge in [0.15, 0.2) is 5.82 Å². The summed E-state index contributed by atoms with van der Waals surface area (Å²) < 4.78 is 1.78. The van der Waals surface area contributed by atoms with E-state index in [0.717, 1.165) is 21.8 Å². The van der Waals surface area contributed by atoms with E-state index in [-0.39, 0.29) is 0 Å². The van der Waals surface area contributed by atoms with Gasteiger partial charge in [-0.05, 0) is 31.2 Å². The van der Waals surface area contributed by atoms with Gasteiger partial charge >= 0.3 is 11.8 Å². The summed E-state index contributed by atoms with van der Waals surface area (Å²) in [5, 5.41) is 12.2. The van der Waals surface area contributed by atoms with E-state index in [1.165, 1.54) is 11.3 Å². The molecule has 4 aromatic rings. The maximum Gasteiger partial charge on any atom is 0.313 e. The molecule has 7 nitrogen and oxygen atoms in total. The number of rotatable bonds is 5. The van der Waals surface area contributed by atoms with Crippen molar-refractivity contribution in [3.05, 3.63) is 70.2 Å². The van der Waals surface area contributed by atoms with Gasteiger partial charge in [0.2, 0.25) is 4.96 Å². The average Bonchev–Trinajstić information content (AvgIpc) is 3.29. The number of amides is 2. The molecule has 0 atom stereocenters. The van der Waals surface area contributed by atoms with Gasteiger partial charge in [-0.25, -0.2) is 4.52 Å². The highest BCUT2D eigenvalue weighted by Gasteiger charge is 2.15. The van der Waals surface area contributed by atoms with E-state index in [1.54, 1.807) is 28.8 Å². The molecule has 0 saturated carbocycles. The van der Waals surface area contributed by atoms with Gasteiger partial charge in [-0.15, -0.1) is 16.4 Å². The molecule has 0 spiro atoms. The third-order valence-corrected chi connectivity index (χ3v) is 5.48. The van der Waals surface area contributed by atoms with E-state index in [9.17, 15) is 9.59 Å². The van der Waals surface area contributed by atoms with E-state index in [0.29, 0.717) is 29.5 Å². The number of carbonyl (C=O) groups excluding carboxylic acids is 2. The van der Waals surface area contributed by atoms with Gasteiger partial charge < -0.3 is 10.6 Å². The topological polar surface area (TPSA) is 88.4 Å². The van der Waals surface area contributed by atoms with Crippen LogP contribution in [0, 0.1) is 6.92 Å². The molecular formula is C21H18ClN5O2S. The summed E-state index contributed by atoms with van der Waals surface area (Å²) in [6.45, 7) is 2.33. The van der Waals surface area contributed by atoms with Crippen LogP contribution in [0.1, 0.15) is 11.3 Å². The number of nitrogens with zero attached hydrogens (tertiary/aromatic N) is 3. The summed E-state index contributed by atoms with van der Waals surface area (Å²) in [7, 11) is 0. The number of aromatic nitrogens is 3. The predicted molar refractivity (Wildman–Crippen MR) is 118 cm³/mol. The third-order valence-electron chi connectivity index (χ3n) is 4.38. The number of hydrogen-bond donors (Lipinski definition) is 2. The van der Waals surface area contributed by atoms with Crippen LogP contribution < -0.4 is 10.6 Å². The third kappa shape index (κ3) is 4.50. The summed E-state index contributed by atoms with van der Waals surface area (Å²) >= 11 is 7.37. The Morgan fingerprint density at radius 1 is 1.13 bits per heavy atom. The molecule has 2 heterocycles. The minimum atomic E-state index is -0.741. The molecule has 9 heteroatoms. The molecule has 2 N–H and O–H groups in total. The van der Waals surface area contributed by atoms with Crippen LogP contribution in [0.5, 0.6) is 0 Å². The maximum atomic E-state index is 12.1. The Hall–Kier alpha value is -3.23. The molecule has 2 aromatic carbocycles. The fourth-order valence-corrected chi connectivity index (χ4v) is 3.99. The lowest BCUT2D eigenvalue weighted by Gasteiger charge is -2.06. The first kappa shape index (κ1) is 20.1. The van der Waals surface area contributed by atoms with Crippen molar-refractivity contribution in [1.29, 1.82) is 0 Å². The Balaban J connectivity index is 1.37. The van der Waals surface area contributed by atoms with Gasteiger partial charge in [-0.1, -0.05) is 41.4 Å². The Bertz CT molecular complexity index is 1230. The van der Waals surface area contributed by atoms with Crippen molar-refractivity contribution in [1.82, 2.24) is 19.9 Å². The first-order valence-corrected chi connectivity index (χ1v) is 10.5. The summed E-state index contributed by atoms with van der Waals surface area (Å²) in [5.41, 5.74) is 3.48. The number of halogens is 1. The molecule has 0 saturated heterocycles. The SMILES string of the molecule is Cc1cccc(-c2nc3scc(CCNC(=O)C(=O)Nc4cccc(Cl)c4)n3n2)c1. The van der Waals surface area contributed by atoms with Gasteiger partial charge in [-0.2, -0.15) is 4.98 Å². The number of fused-ring (bicyclic) bond motifs is 1. The Kier molecular flexibility index (Phi) is 5.78. The Morgan fingerprint density at radius 2 is 1.97 bits per heavy atom. The van der Waals surface area contributed by atoms with Crippen molar-refractivity contribution < 1.29 is 9.59 Å². The molecule has 152 valence electrons. The number of benzene rings is 2. The Morgan fingerprint density at radius 3 is 2.77 bits per heavy atom. The molecule has 0 radical (unpaired) electrons. The van der Waals surface area contributed by atoms with Crippen LogP contribution in [0.15, 0.2) is 53.9 Å². The van der Waals surface area contributed by atoms with Crippen LogP contribution >= 0.6 is 22.9 Å². The lowest BCUT2D eigenvalue weighted by Crippen LogP contribution is -2.36. The number of anilines is 1. The van der Waals surface area contributed by atoms with Gasteiger partial charge in [-0.3, -0.25) is 9.59 Å². The van der Waals surface area contributed by atoms with E-state index < -0.39 is 11.8 Å². The maximum absolute atomic E-state index is 12.1. The second-order valence-corrected chi connectivity index (χ2v) is 7.97. The Labute approximate surface area is 181 Å². The average molecular weight is 440 g/mol. The quantitative estimate of drug-likeness (QED) is 0.464. The van der Waals surface area contributed by atoms with Crippen LogP contribution in [0.2, 0.25) is 5.02 Å². The van der Waals surface area contributed by atoms with E-state index in [2.05, 4.69) is 20.7 Å². The molecule has 4 rings (SSSR count). The standard InChI is InChI=1S/C21H18ClN5O2S/c1-13-4-2-5-14(10-13)18-25-21-27(26-18)17(12-30-21)8-9-23-19(28)20(29)24-16-7-3-6-15(22)11-16/h2-7,10-12H,8-9H2,1H3,(H,23,28)(H,24,29). The molecule has 2 aromatic heterocycles. The minimum absolute atomic E-state index is 0.299. The molecule has 0 aliphatic carbocycles. The van der Waals surface area contributed by atoms with Crippen molar-refractivity contribution in [3.63, 3.8) is 0 Å². The smallest absolute Gasteiger partial charge is 0.313 e. The molecule has 2 amide bonds. The summed E-state index contributed by atoms with van der Waals surface area (Å²) in [6, 6.07) is 14.6. The summed E-state index contributed by atoms with van der Waals surface area (Å²) in [5.74, 6) is -0.785. The van der Waals surface area contributed by atoms with Gasteiger partial charge in [0.05, 0.1) is 5.69 Å². The minimum Gasteiger partial charge on any atom is -0.347 e. The number of thiazole rings is 1. The van der Waals surface area contributed by atoms with Gasteiger partial charge in [0.25, 0.3) is 0 Å². The number of carbonyl (C=O) groups is 2. The van der Waals surface area contributed by atoms with Crippen molar-refractivity contribution in [2.75, 3.05) is 11.9 Å². The van der Waals surface area contributed by atoms with Crippen molar-refractivity contribution in [2.45, 2.75) is 13.3 Å². The van der Waals surface area contributed by atoms with E-state index in [4.69, 9.17) is 11.6 Å². The van der Waals surface area contributed by atoms with Crippen molar-refractivity contribution >= 4 is 45.4 Å². The summed E-state index contributed by atoms with van der Waals surface area (Å²) in [4.78, 5) is 29.4. The largest absolute Gasteiger partial charge is 0.347 e. The van der Waals surface area contributed by atoms with Crippen molar-refractivity contribution in [2.24, 2.45) is 0 Å². The fourth-order valence-electron chi connectivity index (χ4n) is 2.94. The fraction of sp³-hybridized carbons (Fsp3) is 0.143. The second-order valence-electron chi connectivity index (χ2n) is 6.70. The van der Waals surface area contributed by atoms with E-state index in [1.807, 2.05) is 36.6 Å². The lowest BCUT2D eigenvalue weighted by molar-refractivity contribution is -0.136. The molecule has 0 bridgehead atoms. The molecule has 0 unspecified atom stereocenters. The first-order valence-electron chi connectivity index (χ1n) is 9.24. The summed E-state index contributed by atoms with van der Waals surface area (Å²) in [6.07, 6.45) is 0.521. The highest BCUT2D eigenvalue weighted by molar-refractivity contribution is 7.15. The number of hydrogen-bond acceptors (Lipinski definition) is 5.